The van der Waals surface area contributed by atoms with Gasteiger partial charge in [0, 0.05) is 34.2 Å². The Bertz CT molecular complexity index is 903. The maximum absolute atomic E-state index is 11.1. The number of rotatable bonds is 3. The molecule has 0 bridgehead atoms. The molecular weight excluding hydrogens is 310 g/mol. The van der Waals surface area contributed by atoms with Crippen LogP contribution in [0, 0.1) is 11.3 Å². The largest absolute Gasteiger partial charge is 0.366 e. The molecule has 23 heavy (non-hydrogen) atoms. The van der Waals surface area contributed by atoms with Gasteiger partial charge in [-0.25, -0.2) is 0 Å². The first kappa shape index (κ1) is 14.9. The third kappa shape index (κ3) is 2.96. The molecule has 1 heterocycles. The highest BCUT2D eigenvalue weighted by molar-refractivity contribution is 6.30. The molecule has 0 unspecified atom stereocenters. The minimum Gasteiger partial charge on any atom is -0.366 e. The number of carbonyl (C=O) groups is 1. The molecule has 3 aromatic rings. The molecule has 0 saturated carbocycles. The number of nitrogens with zero attached hydrogens (tertiary/aromatic N) is 2. The molecule has 1 aromatic heterocycles. The zero-order valence-electron chi connectivity index (χ0n) is 12.0. The molecule has 5 heteroatoms. The van der Waals surface area contributed by atoms with Crippen LogP contribution in [0.15, 0.2) is 60.9 Å². The van der Waals surface area contributed by atoms with Crippen molar-refractivity contribution in [2.45, 2.75) is 0 Å². The number of nitrogens with two attached hydrogens (primary N) is 1. The van der Waals surface area contributed by atoms with Crippen LogP contribution in [0.4, 0.5) is 0 Å². The minimum absolute atomic E-state index is 0.444. The van der Waals surface area contributed by atoms with Gasteiger partial charge < -0.3 is 10.3 Å². The molecule has 0 aliphatic heterocycles. The molecule has 1 amide bonds. The van der Waals surface area contributed by atoms with Crippen molar-refractivity contribution in [1.29, 1.82) is 5.26 Å². The zero-order chi connectivity index (χ0) is 16.4. The lowest BCUT2D eigenvalue weighted by molar-refractivity contribution is 0.100. The van der Waals surface area contributed by atoms with Gasteiger partial charge in [-0.15, -0.1) is 0 Å². The van der Waals surface area contributed by atoms with Crippen LogP contribution in [0.25, 0.3) is 16.8 Å². The Balaban J connectivity index is 2.03. The number of aromatic nitrogens is 1. The zero-order valence-corrected chi connectivity index (χ0v) is 12.8. The van der Waals surface area contributed by atoms with E-state index >= 15 is 0 Å². The maximum Gasteiger partial charge on any atom is 0.248 e. The standard InChI is InChI=1S/C18H12ClN3O/c19-15-5-1-12(2-6-15)17-11-22(10-14(17)9-20)16-7-3-13(4-8-16)18(21)23/h1-8,10-11H,(H2,21,23). The highest BCUT2D eigenvalue weighted by atomic mass is 35.5. The molecule has 2 N–H and O–H groups in total. The summed E-state index contributed by atoms with van der Waals surface area (Å²) in [6.07, 6.45) is 3.63. The summed E-state index contributed by atoms with van der Waals surface area (Å²) in [4.78, 5) is 11.1. The predicted molar refractivity (Wildman–Crippen MR) is 89.4 cm³/mol. The van der Waals surface area contributed by atoms with Crippen molar-refractivity contribution in [3.05, 3.63) is 77.1 Å². The normalized spacial score (nSPS) is 10.3. The van der Waals surface area contributed by atoms with Gasteiger partial charge in [0.25, 0.3) is 0 Å². The van der Waals surface area contributed by atoms with Gasteiger partial charge in [0.2, 0.25) is 5.91 Å². The van der Waals surface area contributed by atoms with Crippen LogP contribution in [-0.2, 0) is 0 Å². The van der Waals surface area contributed by atoms with Crippen molar-refractivity contribution >= 4 is 17.5 Å². The van der Waals surface area contributed by atoms with Gasteiger partial charge in [-0.1, -0.05) is 23.7 Å². The van der Waals surface area contributed by atoms with Gasteiger partial charge in [-0.2, -0.15) is 5.26 Å². The van der Waals surface area contributed by atoms with Gasteiger partial charge in [0.15, 0.2) is 0 Å². The summed E-state index contributed by atoms with van der Waals surface area (Å²) in [7, 11) is 0. The number of halogens is 1. The van der Waals surface area contributed by atoms with Crippen molar-refractivity contribution in [2.24, 2.45) is 5.73 Å². The Morgan fingerprint density at radius 3 is 2.26 bits per heavy atom. The van der Waals surface area contributed by atoms with Crippen molar-refractivity contribution in [2.75, 3.05) is 0 Å². The molecule has 0 aliphatic carbocycles. The Morgan fingerprint density at radius 2 is 1.70 bits per heavy atom. The van der Waals surface area contributed by atoms with E-state index in [-0.39, 0.29) is 0 Å². The van der Waals surface area contributed by atoms with E-state index in [0.29, 0.717) is 16.1 Å². The van der Waals surface area contributed by atoms with Crippen LogP contribution in [0.1, 0.15) is 15.9 Å². The number of hydrogen-bond donors (Lipinski definition) is 1. The van der Waals surface area contributed by atoms with Crippen molar-refractivity contribution in [3.63, 3.8) is 0 Å². The van der Waals surface area contributed by atoms with Crippen molar-refractivity contribution in [3.8, 4) is 22.9 Å². The Labute approximate surface area is 138 Å². The lowest BCUT2D eigenvalue weighted by Gasteiger charge is -2.03. The van der Waals surface area contributed by atoms with E-state index in [1.807, 2.05) is 22.9 Å². The van der Waals surface area contributed by atoms with Crippen LogP contribution in [0.2, 0.25) is 5.02 Å². The Morgan fingerprint density at radius 1 is 1.04 bits per heavy atom. The van der Waals surface area contributed by atoms with Gasteiger partial charge in [0.1, 0.15) is 6.07 Å². The molecule has 0 aliphatic rings. The van der Waals surface area contributed by atoms with E-state index in [1.165, 1.54) is 0 Å². The third-order valence-electron chi connectivity index (χ3n) is 3.55. The average molecular weight is 322 g/mol. The number of amides is 1. The first-order valence-corrected chi connectivity index (χ1v) is 7.24. The molecule has 0 radical (unpaired) electrons. The number of carbonyl (C=O) groups excluding carboxylic acids is 1. The number of benzene rings is 2. The first-order valence-electron chi connectivity index (χ1n) is 6.87. The fraction of sp³-hybridized carbons (Fsp3) is 0. The average Bonchev–Trinajstić information content (AvgIpc) is 3.00. The maximum atomic E-state index is 11.1. The molecular formula is C18H12ClN3O. The summed E-state index contributed by atoms with van der Waals surface area (Å²) in [6, 6.07) is 16.4. The predicted octanol–water partition coefficient (Wildman–Crippen LogP) is 3.77. The van der Waals surface area contributed by atoms with Gasteiger partial charge >= 0.3 is 0 Å². The van der Waals surface area contributed by atoms with Crippen LogP contribution in [0.3, 0.4) is 0 Å². The minimum atomic E-state index is -0.469. The molecule has 3 rings (SSSR count). The second-order valence-electron chi connectivity index (χ2n) is 5.02. The van der Waals surface area contributed by atoms with E-state index in [0.717, 1.165) is 16.8 Å². The molecule has 4 nitrogen and oxygen atoms in total. The third-order valence-corrected chi connectivity index (χ3v) is 3.80. The second kappa shape index (κ2) is 5.99. The van der Waals surface area contributed by atoms with E-state index in [2.05, 4.69) is 6.07 Å². The fourth-order valence-corrected chi connectivity index (χ4v) is 2.48. The Hall–Kier alpha value is -3.03. The summed E-state index contributed by atoms with van der Waals surface area (Å²) in [6.45, 7) is 0. The molecule has 0 atom stereocenters. The van der Waals surface area contributed by atoms with E-state index < -0.39 is 5.91 Å². The first-order chi connectivity index (χ1) is 11.1. The molecule has 112 valence electrons. The molecule has 2 aromatic carbocycles. The molecule has 0 saturated heterocycles. The topological polar surface area (TPSA) is 71.8 Å². The van der Waals surface area contributed by atoms with Gasteiger partial charge in [-0.05, 0) is 42.0 Å². The van der Waals surface area contributed by atoms with Gasteiger partial charge in [-0.3, -0.25) is 4.79 Å². The van der Waals surface area contributed by atoms with Crippen LogP contribution in [-0.4, -0.2) is 10.5 Å². The summed E-state index contributed by atoms with van der Waals surface area (Å²) < 4.78 is 1.84. The quantitative estimate of drug-likeness (QED) is 0.797. The highest BCUT2D eigenvalue weighted by Gasteiger charge is 2.10. The molecule has 0 fully saturated rings. The number of primary amides is 1. The summed E-state index contributed by atoms with van der Waals surface area (Å²) >= 11 is 5.91. The van der Waals surface area contributed by atoms with E-state index in [4.69, 9.17) is 17.3 Å². The SMILES string of the molecule is N#Cc1cn(-c2ccc(C(N)=O)cc2)cc1-c1ccc(Cl)cc1. The summed E-state index contributed by atoms with van der Waals surface area (Å²) in [5, 5.41) is 10.0. The lowest BCUT2D eigenvalue weighted by Crippen LogP contribution is -2.10. The highest BCUT2D eigenvalue weighted by Crippen LogP contribution is 2.27. The smallest absolute Gasteiger partial charge is 0.248 e. The monoisotopic (exact) mass is 321 g/mol. The van der Waals surface area contributed by atoms with E-state index in [1.54, 1.807) is 42.6 Å². The summed E-state index contributed by atoms with van der Waals surface area (Å²) in [5.74, 6) is -0.469. The van der Waals surface area contributed by atoms with Crippen LogP contribution in [0.5, 0.6) is 0 Å². The second-order valence-corrected chi connectivity index (χ2v) is 5.46. The van der Waals surface area contributed by atoms with Gasteiger partial charge in [0.05, 0.1) is 5.56 Å². The fourth-order valence-electron chi connectivity index (χ4n) is 2.35. The van der Waals surface area contributed by atoms with Crippen LogP contribution >= 0.6 is 11.6 Å². The van der Waals surface area contributed by atoms with Crippen molar-refractivity contribution < 1.29 is 4.79 Å². The number of nitriles is 1. The lowest BCUT2D eigenvalue weighted by atomic mass is 10.1. The van der Waals surface area contributed by atoms with Crippen LogP contribution < -0.4 is 5.73 Å². The van der Waals surface area contributed by atoms with E-state index in [9.17, 15) is 10.1 Å². The molecule has 0 spiro atoms. The van der Waals surface area contributed by atoms with Crippen molar-refractivity contribution in [1.82, 2.24) is 4.57 Å². The Kier molecular flexibility index (Phi) is 3.88. The summed E-state index contributed by atoms with van der Waals surface area (Å²) in [5.41, 5.74) is 8.82. The number of hydrogen-bond acceptors (Lipinski definition) is 2.